The van der Waals surface area contributed by atoms with Crippen molar-refractivity contribution in [2.75, 3.05) is 19.0 Å². The third-order valence-corrected chi connectivity index (χ3v) is 5.62. The predicted octanol–water partition coefficient (Wildman–Crippen LogP) is 5.46. The summed E-state index contributed by atoms with van der Waals surface area (Å²) < 4.78 is 11.5. The Hall–Kier alpha value is -2.39. The fraction of sp³-hybridized carbons (Fsp3) is 0.143. The van der Waals surface area contributed by atoms with Gasteiger partial charge in [0.1, 0.15) is 16.3 Å². The molecule has 0 aliphatic carbocycles. The standard InChI is InChI=1S/C21H18INO4S/c1-3-27-21(25)18-17(13-6-10-16(26-2)11-7-13)12-28-20(18)23-19(24)14-4-8-15(22)9-5-14/h4-12H,3H2,1-2H3,(H,23,24). The van der Waals surface area contributed by atoms with E-state index in [1.54, 1.807) is 26.2 Å². The summed E-state index contributed by atoms with van der Waals surface area (Å²) in [6.45, 7) is 2.00. The van der Waals surface area contributed by atoms with Crippen molar-refractivity contribution in [3.8, 4) is 16.9 Å². The number of thiophene rings is 1. The van der Waals surface area contributed by atoms with Crippen LogP contribution in [0, 0.1) is 3.57 Å². The lowest BCUT2D eigenvalue weighted by Crippen LogP contribution is -2.14. The molecular formula is C21H18INO4S. The molecule has 0 atom stereocenters. The van der Waals surface area contributed by atoms with Gasteiger partial charge >= 0.3 is 5.97 Å². The summed E-state index contributed by atoms with van der Waals surface area (Å²) in [7, 11) is 1.60. The van der Waals surface area contributed by atoms with Gasteiger partial charge in [-0.15, -0.1) is 11.3 Å². The number of hydrogen-bond donors (Lipinski definition) is 1. The molecule has 2 aromatic carbocycles. The van der Waals surface area contributed by atoms with E-state index in [2.05, 4.69) is 27.9 Å². The van der Waals surface area contributed by atoms with Gasteiger partial charge in [-0.3, -0.25) is 4.79 Å². The number of anilines is 1. The molecule has 28 heavy (non-hydrogen) atoms. The summed E-state index contributed by atoms with van der Waals surface area (Å²) in [4.78, 5) is 25.2. The Morgan fingerprint density at radius 2 is 1.75 bits per heavy atom. The number of rotatable bonds is 6. The summed E-state index contributed by atoms with van der Waals surface area (Å²) in [5.41, 5.74) is 2.43. The van der Waals surface area contributed by atoms with Crippen molar-refractivity contribution in [1.29, 1.82) is 0 Å². The van der Waals surface area contributed by atoms with Gasteiger partial charge in [-0.2, -0.15) is 0 Å². The third kappa shape index (κ3) is 4.53. The van der Waals surface area contributed by atoms with Crippen molar-refractivity contribution in [2.24, 2.45) is 0 Å². The lowest BCUT2D eigenvalue weighted by Gasteiger charge is -2.09. The largest absolute Gasteiger partial charge is 0.497 e. The molecule has 0 fully saturated rings. The van der Waals surface area contributed by atoms with E-state index in [4.69, 9.17) is 9.47 Å². The van der Waals surface area contributed by atoms with E-state index in [0.717, 1.165) is 14.9 Å². The molecule has 0 bridgehead atoms. The van der Waals surface area contributed by atoms with E-state index in [9.17, 15) is 9.59 Å². The number of benzene rings is 2. The maximum absolute atomic E-state index is 12.6. The van der Waals surface area contributed by atoms with Crippen molar-refractivity contribution in [1.82, 2.24) is 0 Å². The number of methoxy groups -OCH3 is 1. The highest BCUT2D eigenvalue weighted by molar-refractivity contribution is 14.1. The van der Waals surface area contributed by atoms with E-state index in [1.165, 1.54) is 11.3 Å². The van der Waals surface area contributed by atoms with E-state index >= 15 is 0 Å². The van der Waals surface area contributed by atoms with Crippen molar-refractivity contribution in [3.63, 3.8) is 0 Å². The molecule has 1 amide bonds. The van der Waals surface area contributed by atoms with Crippen LogP contribution in [0.4, 0.5) is 5.00 Å². The second-order valence-corrected chi connectivity index (χ2v) is 7.89. The number of nitrogens with one attached hydrogen (secondary N) is 1. The summed E-state index contributed by atoms with van der Waals surface area (Å²) in [6.07, 6.45) is 0. The molecule has 5 nitrogen and oxygen atoms in total. The fourth-order valence-electron chi connectivity index (χ4n) is 2.62. The second kappa shape index (κ2) is 9.20. The second-order valence-electron chi connectivity index (χ2n) is 5.76. The zero-order chi connectivity index (χ0) is 20.1. The normalized spacial score (nSPS) is 10.4. The van der Waals surface area contributed by atoms with Crippen LogP contribution in [0.5, 0.6) is 5.75 Å². The maximum atomic E-state index is 12.6. The lowest BCUT2D eigenvalue weighted by molar-refractivity contribution is 0.0529. The quantitative estimate of drug-likeness (QED) is 0.356. The monoisotopic (exact) mass is 507 g/mol. The van der Waals surface area contributed by atoms with Gasteiger partial charge in [0, 0.05) is 20.1 Å². The van der Waals surface area contributed by atoms with E-state index in [1.807, 2.05) is 41.8 Å². The highest BCUT2D eigenvalue weighted by Crippen LogP contribution is 2.37. The average molecular weight is 507 g/mol. The number of hydrogen-bond acceptors (Lipinski definition) is 5. The Balaban J connectivity index is 1.96. The Labute approximate surface area is 180 Å². The number of ether oxygens (including phenoxy) is 2. The van der Waals surface area contributed by atoms with Gasteiger partial charge in [0.15, 0.2) is 0 Å². The van der Waals surface area contributed by atoms with Gasteiger partial charge in [0.25, 0.3) is 5.91 Å². The minimum absolute atomic E-state index is 0.251. The SMILES string of the molecule is CCOC(=O)c1c(-c2ccc(OC)cc2)csc1NC(=O)c1ccc(I)cc1. The number of carbonyl (C=O) groups excluding carboxylic acids is 2. The molecule has 3 rings (SSSR count). The van der Waals surface area contributed by atoms with Crippen LogP contribution in [0.1, 0.15) is 27.6 Å². The molecule has 0 saturated heterocycles. The topological polar surface area (TPSA) is 64.6 Å². The first kappa shape index (κ1) is 20.3. The molecule has 0 radical (unpaired) electrons. The van der Waals surface area contributed by atoms with E-state index < -0.39 is 5.97 Å². The van der Waals surface area contributed by atoms with Crippen LogP contribution in [0.15, 0.2) is 53.9 Å². The number of carbonyl (C=O) groups is 2. The minimum Gasteiger partial charge on any atom is -0.497 e. The Bertz CT molecular complexity index is 981. The molecule has 1 heterocycles. The highest BCUT2D eigenvalue weighted by Gasteiger charge is 2.23. The molecule has 0 unspecified atom stereocenters. The predicted molar refractivity (Wildman–Crippen MR) is 119 cm³/mol. The van der Waals surface area contributed by atoms with E-state index in [-0.39, 0.29) is 12.5 Å². The summed E-state index contributed by atoms with van der Waals surface area (Å²) in [5, 5.41) is 5.16. The van der Waals surface area contributed by atoms with Crippen molar-refractivity contribution in [2.45, 2.75) is 6.92 Å². The Kier molecular flexibility index (Phi) is 6.69. The Morgan fingerprint density at radius 3 is 2.36 bits per heavy atom. The van der Waals surface area contributed by atoms with Crippen LogP contribution in [-0.2, 0) is 4.74 Å². The smallest absolute Gasteiger partial charge is 0.341 e. The lowest BCUT2D eigenvalue weighted by atomic mass is 10.0. The molecule has 1 aromatic heterocycles. The molecule has 0 spiro atoms. The van der Waals surface area contributed by atoms with Crippen LogP contribution < -0.4 is 10.1 Å². The number of amides is 1. The maximum Gasteiger partial charge on any atom is 0.341 e. The highest BCUT2D eigenvalue weighted by atomic mass is 127. The molecule has 3 aromatic rings. The Morgan fingerprint density at radius 1 is 1.07 bits per heavy atom. The van der Waals surface area contributed by atoms with Gasteiger partial charge in [-0.1, -0.05) is 12.1 Å². The first-order chi connectivity index (χ1) is 13.5. The zero-order valence-corrected chi connectivity index (χ0v) is 18.3. The van der Waals surface area contributed by atoms with Gasteiger partial charge in [-0.25, -0.2) is 4.79 Å². The van der Waals surface area contributed by atoms with Gasteiger partial charge in [0.2, 0.25) is 0 Å². The zero-order valence-electron chi connectivity index (χ0n) is 15.3. The first-order valence-electron chi connectivity index (χ1n) is 8.53. The van der Waals surface area contributed by atoms with Crippen LogP contribution in [0.2, 0.25) is 0 Å². The van der Waals surface area contributed by atoms with Crippen molar-refractivity contribution >= 4 is 50.8 Å². The van der Waals surface area contributed by atoms with Gasteiger partial charge in [0.05, 0.1) is 13.7 Å². The van der Waals surface area contributed by atoms with Crippen LogP contribution in [-0.4, -0.2) is 25.6 Å². The van der Waals surface area contributed by atoms with Crippen LogP contribution in [0.3, 0.4) is 0 Å². The average Bonchev–Trinajstić information content (AvgIpc) is 3.12. The number of esters is 1. The molecule has 1 N–H and O–H groups in total. The van der Waals surface area contributed by atoms with Gasteiger partial charge in [-0.05, 0) is 71.5 Å². The van der Waals surface area contributed by atoms with Gasteiger partial charge < -0.3 is 14.8 Å². The summed E-state index contributed by atoms with van der Waals surface area (Å²) in [6, 6.07) is 14.6. The van der Waals surface area contributed by atoms with Crippen molar-refractivity contribution in [3.05, 3.63) is 68.6 Å². The molecule has 0 aliphatic heterocycles. The molecule has 0 aliphatic rings. The number of halogens is 1. The molecule has 0 saturated carbocycles. The van der Waals surface area contributed by atoms with Crippen LogP contribution >= 0.6 is 33.9 Å². The van der Waals surface area contributed by atoms with E-state index in [0.29, 0.717) is 21.7 Å². The van der Waals surface area contributed by atoms with Crippen molar-refractivity contribution < 1.29 is 19.1 Å². The minimum atomic E-state index is -0.465. The summed E-state index contributed by atoms with van der Waals surface area (Å²) in [5.74, 6) is -0.0125. The molecular weight excluding hydrogens is 489 g/mol. The summed E-state index contributed by atoms with van der Waals surface area (Å²) >= 11 is 3.48. The third-order valence-electron chi connectivity index (χ3n) is 4.01. The fourth-order valence-corrected chi connectivity index (χ4v) is 3.93. The first-order valence-corrected chi connectivity index (χ1v) is 10.5. The molecule has 144 valence electrons. The molecule has 7 heteroatoms. The van der Waals surface area contributed by atoms with Crippen LogP contribution in [0.25, 0.3) is 11.1 Å².